The summed E-state index contributed by atoms with van der Waals surface area (Å²) in [4.78, 5) is 8.04. The van der Waals surface area contributed by atoms with Gasteiger partial charge in [0.05, 0.1) is 0 Å². The van der Waals surface area contributed by atoms with Crippen LogP contribution in [0.4, 0.5) is 11.5 Å². The lowest BCUT2D eigenvalue weighted by atomic mass is 10.0. The number of aromatic nitrogens is 2. The minimum Gasteiger partial charge on any atom is -0.340 e. The summed E-state index contributed by atoms with van der Waals surface area (Å²) in [5, 5.41) is 3.69. The van der Waals surface area contributed by atoms with Gasteiger partial charge in [-0.15, -0.1) is 0 Å². The summed E-state index contributed by atoms with van der Waals surface area (Å²) in [5.41, 5.74) is 3.24. The third kappa shape index (κ3) is 2.78. The predicted molar refractivity (Wildman–Crippen MR) is 82.2 cm³/mol. The zero-order chi connectivity index (χ0) is 13.8. The highest BCUT2D eigenvalue weighted by atomic mass is 35.5. The lowest BCUT2D eigenvalue weighted by Crippen LogP contribution is -1.96. The Hall–Kier alpha value is -2.39. The Bertz CT molecular complexity index is 714. The second kappa shape index (κ2) is 5.72. The standard InChI is InChI=1S/C16H12ClN3/c17-15-10-16(19-11-18-15)20-14-9-5-4-8-13(14)12-6-2-1-3-7-12/h1-11H,(H,18,19,20). The zero-order valence-corrected chi connectivity index (χ0v) is 11.4. The number of nitrogens with zero attached hydrogens (tertiary/aromatic N) is 2. The Morgan fingerprint density at radius 3 is 2.40 bits per heavy atom. The quantitative estimate of drug-likeness (QED) is 0.716. The van der Waals surface area contributed by atoms with E-state index in [0.717, 1.165) is 16.8 Å². The van der Waals surface area contributed by atoms with Crippen molar-refractivity contribution in [1.29, 1.82) is 0 Å². The van der Waals surface area contributed by atoms with E-state index in [-0.39, 0.29) is 0 Å². The van der Waals surface area contributed by atoms with Gasteiger partial charge in [-0.25, -0.2) is 9.97 Å². The summed E-state index contributed by atoms with van der Waals surface area (Å²) < 4.78 is 0. The van der Waals surface area contributed by atoms with Crippen molar-refractivity contribution in [3.8, 4) is 11.1 Å². The number of para-hydroxylation sites is 1. The largest absolute Gasteiger partial charge is 0.340 e. The number of nitrogens with one attached hydrogen (secondary N) is 1. The van der Waals surface area contributed by atoms with Gasteiger partial charge in [-0.2, -0.15) is 0 Å². The maximum atomic E-state index is 5.88. The molecule has 0 atom stereocenters. The lowest BCUT2D eigenvalue weighted by Gasteiger charge is -2.11. The van der Waals surface area contributed by atoms with Crippen LogP contribution in [0.1, 0.15) is 0 Å². The van der Waals surface area contributed by atoms with Gasteiger partial charge in [-0.1, -0.05) is 60.1 Å². The van der Waals surface area contributed by atoms with Gasteiger partial charge < -0.3 is 5.32 Å². The molecule has 0 unspecified atom stereocenters. The van der Waals surface area contributed by atoms with Crippen molar-refractivity contribution in [3.63, 3.8) is 0 Å². The van der Waals surface area contributed by atoms with Gasteiger partial charge in [0.2, 0.25) is 0 Å². The van der Waals surface area contributed by atoms with E-state index in [0.29, 0.717) is 11.0 Å². The fourth-order valence-electron chi connectivity index (χ4n) is 2.00. The molecular weight excluding hydrogens is 270 g/mol. The smallest absolute Gasteiger partial charge is 0.135 e. The first kappa shape index (κ1) is 12.6. The van der Waals surface area contributed by atoms with Crippen LogP contribution in [0, 0.1) is 0 Å². The minimum atomic E-state index is 0.416. The van der Waals surface area contributed by atoms with E-state index in [1.807, 2.05) is 36.4 Å². The summed E-state index contributed by atoms with van der Waals surface area (Å²) in [6, 6.07) is 20.0. The Labute approximate surface area is 122 Å². The molecule has 1 N–H and O–H groups in total. The van der Waals surface area contributed by atoms with E-state index in [1.54, 1.807) is 6.07 Å². The first-order valence-electron chi connectivity index (χ1n) is 6.22. The Morgan fingerprint density at radius 2 is 1.60 bits per heavy atom. The molecule has 0 aliphatic carbocycles. The first-order chi connectivity index (χ1) is 9.83. The van der Waals surface area contributed by atoms with Gasteiger partial charge in [0, 0.05) is 17.3 Å². The molecule has 2 aromatic carbocycles. The molecule has 98 valence electrons. The normalized spacial score (nSPS) is 10.2. The second-order valence-corrected chi connectivity index (χ2v) is 4.65. The average Bonchev–Trinajstić information content (AvgIpc) is 2.49. The molecule has 0 saturated carbocycles. The molecule has 20 heavy (non-hydrogen) atoms. The number of hydrogen-bond acceptors (Lipinski definition) is 3. The third-order valence-corrected chi connectivity index (χ3v) is 3.12. The summed E-state index contributed by atoms with van der Waals surface area (Å²) in [6.45, 7) is 0. The van der Waals surface area contributed by atoms with E-state index in [4.69, 9.17) is 11.6 Å². The fraction of sp³-hybridized carbons (Fsp3) is 0. The Balaban J connectivity index is 1.99. The van der Waals surface area contributed by atoms with E-state index in [2.05, 4.69) is 33.5 Å². The number of halogens is 1. The van der Waals surface area contributed by atoms with Crippen molar-refractivity contribution in [2.75, 3.05) is 5.32 Å². The van der Waals surface area contributed by atoms with Gasteiger partial charge in [0.25, 0.3) is 0 Å². The summed E-state index contributed by atoms with van der Waals surface area (Å²) >= 11 is 5.88. The van der Waals surface area contributed by atoms with Gasteiger partial charge >= 0.3 is 0 Å². The van der Waals surface area contributed by atoms with Gasteiger partial charge in [0.15, 0.2) is 0 Å². The predicted octanol–water partition coefficient (Wildman–Crippen LogP) is 4.54. The molecule has 4 heteroatoms. The van der Waals surface area contributed by atoms with Crippen molar-refractivity contribution in [2.24, 2.45) is 0 Å². The Kier molecular flexibility index (Phi) is 3.61. The highest BCUT2D eigenvalue weighted by Gasteiger charge is 2.05. The van der Waals surface area contributed by atoms with Crippen LogP contribution in [0.3, 0.4) is 0 Å². The maximum Gasteiger partial charge on any atom is 0.135 e. The highest BCUT2D eigenvalue weighted by molar-refractivity contribution is 6.29. The molecular formula is C16H12ClN3. The van der Waals surface area contributed by atoms with Crippen LogP contribution in [0.15, 0.2) is 67.0 Å². The molecule has 0 spiro atoms. The lowest BCUT2D eigenvalue weighted by molar-refractivity contribution is 1.17. The molecule has 0 saturated heterocycles. The zero-order valence-electron chi connectivity index (χ0n) is 10.6. The molecule has 0 aliphatic rings. The topological polar surface area (TPSA) is 37.8 Å². The molecule has 3 nitrogen and oxygen atoms in total. The van der Waals surface area contributed by atoms with E-state index in [1.165, 1.54) is 6.33 Å². The molecule has 3 aromatic rings. The number of anilines is 2. The molecule has 0 amide bonds. The van der Waals surface area contributed by atoms with E-state index >= 15 is 0 Å². The fourth-order valence-corrected chi connectivity index (χ4v) is 2.15. The monoisotopic (exact) mass is 281 g/mol. The minimum absolute atomic E-state index is 0.416. The molecule has 0 fully saturated rings. The Morgan fingerprint density at radius 1 is 0.850 bits per heavy atom. The van der Waals surface area contributed by atoms with Gasteiger partial charge in [-0.3, -0.25) is 0 Å². The van der Waals surface area contributed by atoms with Crippen LogP contribution in [-0.2, 0) is 0 Å². The van der Waals surface area contributed by atoms with Crippen molar-refractivity contribution < 1.29 is 0 Å². The van der Waals surface area contributed by atoms with E-state index in [9.17, 15) is 0 Å². The first-order valence-corrected chi connectivity index (χ1v) is 6.60. The number of benzene rings is 2. The van der Waals surface area contributed by atoms with Gasteiger partial charge in [0.1, 0.15) is 17.3 Å². The molecule has 0 bridgehead atoms. The maximum absolute atomic E-state index is 5.88. The van der Waals surface area contributed by atoms with Crippen LogP contribution in [-0.4, -0.2) is 9.97 Å². The average molecular weight is 282 g/mol. The highest BCUT2D eigenvalue weighted by Crippen LogP contribution is 2.29. The van der Waals surface area contributed by atoms with Crippen molar-refractivity contribution >= 4 is 23.1 Å². The SMILES string of the molecule is Clc1cc(Nc2ccccc2-c2ccccc2)ncn1. The van der Waals surface area contributed by atoms with Crippen molar-refractivity contribution in [2.45, 2.75) is 0 Å². The van der Waals surface area contributed by atoms with Crippen LogP contribution < -0.4 is 5.32 Å². The summed E-state index contributed by atoms with van der Waals surface area (Å²) in [6.07, 6.45) is 1.44. The summed E-state index contributed by atoms with van der Waals surface area (Å²) in [7, 11) is 0. The van der Waals surface area contributed by atoms with Gasteiger partial charge in [-0.05, 0) is 11.6 Å². The van der Waals surface area contributed by atoms with Crippen LogP contribution in [0.5, 0.6) is 0 Å². The molecule has 3 rings (SSSR count). The van der Waals surface area contributed by atoms with E-state index < -0.39 is 0 Å². The molecule has 0 aliphatic heterocycles. The number of rotatable bonds is 3. The second-order valence-electron chi connectivity index (χ2n) is 4.26. The molecule has 0 radical (unpaired) electrons. The third-order valence-electron chi connectivity index (χ3n) is 2.91. The number of hydrogen-bond donors (Lipinski definition) is 1. The molecule has 1 heterocycles. The summed E-state index contributed by atoms with van der Waals surface area (Å²) in [5.74, 6) is 0.674. The van der Waals surface area contributed by atoms with Crippen LogP contribution in [0.2, 0.25) is 5.15 Å². The van der Waals surface area contributed by atoms with Crippen molar-refractivity contribution in [3.05, 3.63) is 72.1 Å². The van der Waals surface area contributed by atoms with Crippen LogP contribution >= 0.6 is 11.6 Å². The molecule has 1 aromatic heterocycles. The van der Waals surface area contributed by atoms with Crippen LogP contribution in [0.25, 0.3) is 11.1 Å². The van der Waals surface area contributed by atoms with Crippen molar-refractivity contribution in [1.82, 2.24) is 9.97 Å².